The number of piperidine rings is 1. The summed E-state index contributed by atoms with van der Waals surface area (Å²) in [7, 11) is -3.27. The lowest BCUT2D eigenvalue weighted by Gasteiger charge is -2.31. The van der Waals surface area contributed by atoms with Gasteiger partial charge in [-0.2, -0.15) is 0 Å². The maximum atomic E-state index is 12.6. The van der Waals surface area contributed by atoms with Crippen LogP contribution in [0.4, 0.5) is 5.69 Å². The molecule has 1 aromatic rings. The van der Waals surface area contributed by atoms with Gasteiger partial charge in [0.15, 0.2) is 17.3 Å². The van der Waals surface area contributed by atoms with Gasteiger partial charge in [0, 0.05) is 31.1 Å². The minimum Gasteiger partial charge on any atom is -0.454 e. The van der Waals surface area contributed by atoms with Crippen molar-refractivity contribution < 1.29 is 27.5 Å². The fourth-order valence-corrected chi connectivity index (χ4v) is 5.46. The highest BCUT2D eigenvalue weighted by molar-refractivity contribution is 7.89. The summed E-state index contributed by atoms with van der Waals surface area (Å²) in [6, 6.07) is 3.17. The highest BCUT2D eigenvalue weighted by atomic mass is 32.2. The first-order valence-electron chi connectivity index (χ1n) is 10.0. The standard InChI is InChI=1S/C20H28N2O6S/c1-3-4-8-29(25,26)22-7-5-6-15(12-22)9-20(24)21-17-11-19-18(27-13-28-19)10-16(17)14(2)23/h10-11,15H,3-9,12-13H2,1-2H3,(H,21,24). The van der Waals surface area contributed by atoms with Gasteiger partial charge < -0.3 is 14.8 Å². The molecular weight excluding hydrogens is 396 g/mol. The van der Waals surface area contributed by atoms with E-state index in [-0.39, 0.29) is 36.6 Å². The van der Waals surface area contributed by atoms with Crippen molar-refractivity contribution >= 4 is 27.4 Å². The first-order chi connectivity index (χ1) is 13.8. The number of hydrogen-bond donors (Lipinski definition) is 1. The monoisotopic (exact) mass is 424 g/mol. The van der Waals surface area contributed by atoms with E-state index in [1.165, 1.54) is 11.2 Å². The van der Waals surface area contributed by atoms with Crippen LogP contribution < -0.4 is 14.8 Å². The van der Waals surface area contributed by atoms with Crippen molar-refractivity contribution in [3.8, 4) is 11.5 Å². The van der Waals surface area contributed by atoms with Crippen molar-refractivity contribution in [3.63, 3.8) is 0 Å². The van der Waals surface area contributed by atoms with Gasteiger partial charge in [0.1, 0.15) is 0 Å². The molecule has 29 heavy (non-hydrogen) atoms. The fraction of sp³-hybridized carbons (Fsp3) is 0.600. The second-order valence-corrected chi connectivity index (χ2v) is 9.68. The van der Waals surface area contributed by atoms with Gasteiger partial charge in [-0.3, -0.25) is 9.59 Å². The Morgan fingerprint density at radius 3 is 2.66 bits per heavy atom. The van der Waals surface area contributed by atoms with Gasteiger partial charge in [0.05, 0.1) is 11.4 Å². The molecular formula is C20H28N2O6S. The van der Waals surface area contributed by atoms with Crippen LogP contribution in [0.3, 0.4) is 0 Å². The molecule has 0 aromatic heterocycles. The van der Waals surface area contributed by atoms with Gasteiger partial charge in [-0.05, 0) is 38.2 Å². The molecule has 0 aliphatic carbocycles. The van der Waals surface area contributed by atoms with Crippen molar-refractivity contribution in [2.75, 3.05) is 31.0 Å². The third kappa shape index (κ3) is 5.27. The molecule has 1 atom stereocenters. The zero-order valence-electron chi connectivity index (χ0n) is 16.9. The Morgan fingerprint density at radius 2 is 1.97 bits per heavy atom. The number of carbonyl (C=O) groups is 2. The SMILES string of the molecule is CCCCS(=O)(=O)N1CCCC(CC(=O)Nc2cc3c(cc2C(C)=O)OCO3)C1. The van der Waals surface area contributed by atoms with Crippen molar-refractivity contribution in [3.05, 3.63) is 17.7 Å². The number of nitrogens with one attached hydrogen (secondary N) is 1. The highest BCUT2D eigenvalue weighted by Gasteiger charge is 2.30. The molecule has 0 bridgehead atoms. The average Bonchev–Trinajstić information content (AvgIpc) is 3.13. The maximum Gasteiger partial charge on any atom is 0.231 e. The Labute approximate surface area is 171 Å². The van der Waals surface area contributed by atoms with E-state index in [1.807, 2.05) is 6.92 Å². The predicted octanol–water partition coefficient (Wildman–Crippen LogP) is 2.79. The van der Waals surface area contributed by atoms with Crippen LogP contribution in [-0.2, 0) is 14.8 Å². The van der Waals surface area contributed by atoms with Crippen LogP contribution in [0.1, 0.15) is 56.3 Å². The van der Waals surface area contributed by atoms with Crippen LogP contribution in [0, 0.1) is 5.92 Å². The van der Waals surface area contributed by atoms with Gasteiger partial charge in [-0.1, -0.05) is 13.3 Å². The third-order valence-electron chi connectivity index (χ3n) is 5.27. The number of anilines is 1. The second kappa shape index (κ2) is 9.13. The van der Waals surface area contributed by atoms with Crippen LogP contribution >= 0.6 is 0 Å². The van der Waals surface area contributed by atoms with E-state index in [9.17, 15) is 18.0 Å². The van der Waals surface area contributed by atoms with Crippen LogP contribution in [-0.4, -0.2) is 50.0 Å². The van der Waals surface area contributed by atoms with Crippen molar-refractivity contribution in [2.24, 2.45) is 5.92 Å². The molecule has 1 unspecified atom stereocenters. The van der Waals surface area contributed by atoms with Crippen LogP contribution in [0.15, 0.2) is 12.1 Å². The normalized spacial score (nSPS) is 19.2. The molecule has 0 spiro atoms. The summed E-state index contributed by atoms with van der Waals surface area (Å²) in [5.74, 6) is 0.634. The summed E-state index contributed by atoms with van der Waals surface area (Å²) >= 11 is 0. The number of Topliss-reactive ketones (excluding diaryl/α,β-unsaturated/α-hetero) is 1. The fourth-order valence-electron chi connectivity index (χ4n) is 3.70. The van der Waals surface area contributed by atoms with E-state index >= 15 is 0 Å². The molecule has 2 aliphatic rings. The van der Waals surface area contributed by atoms with Gasteiger partial charge in [-0.15, -0.1) is 0 Å². The largest absolute Gasteiger partial charge is 0.454 e. The molecule has 0 saturated carbocycles. The van der Waals surface area contributed by atoms with E-state index in [0.717, 1.165) is 19.3 Å². The number of sulfonamides is 1. The molecule has 1 aromatic carbocycles. The molecule has 2 aliphatic heterocycles. The molecule has 2 heterocycles. The molecule has 8 nitrogen and oxygen atoms in total. The van der Waals surface area contributed by atoms with E-state index in [1.54, 1.807) is 12.1 Å². The lowest BCUT2D eigenvalue weighted by Crippen LogP contribution is -2.41. The zero-order chi connectivity index (χ0) is 21.0. The molecule has 3 rings (SSSR count). The Kier molecular flexibility index (Phi) is 6.79. The van der Waals surface area contributed by atoms with Gasteiger partial charge >= 0.3 is 0 Å². The van der Waals surface area contributed by atoms with Gasteiger partial charge in [0.25, 0.3) is 0 Å². The van der Waals surface area contributed by atoms with Crippen LogP contribution in [0.25, 0.3) is 0 Å². The minimum atomic E-state index is -3.27. The number of ketones is 1. The van der Waals surface area contributed by atoms with E-state index in [0.29, 0.717) is 42.3 Å². The molecule has 1 amide bonds. The topological polar surface area (TPSA) is 102 Å². The summed E-state index contributed by atoms with van der Waals surface area (Å²) in [5.41, 5.74) is 0.741. The number of ether oxygens (including phenoxy) is 2. The van der Waals surface area contributed by atoms with E-state index in [2.05, 4.69) is 5.32 Å². The van der Waals surface area contributed by atoms with Crippen molar-refractivity contribution in [2.45, 2.75) is 46.0 Å². The lowest BCUT2D eigenvalue weighted by atomic mass is 9.95. The third-order valence-corrected chi connectivity index (χ3v) is 7.19. The number of fused-ring (bicyclic) bond motifs is 1. The molecule has 0 radical (unpaired) electrons. The Balaban J connectivity index is 1.64. The number of benzene rings is 1. The Bertz CT molecular complexity index is 883. The smallest absolute Gasteiger partial charge is 0.231 e. The molecule has 1 N–H and O–H groups in total. The van der Waals surface area contributed by atoms with Crippen molar-refractivity contribution in [1.29, 1.82) is 0 Å². The number of amides is 1. The average molecular weight is 425 g/mol. The molecule has 9 heteroatoms. The first-order valence-corrected chi connectivity index (χ1v) is 11.6. The Morgan fingerprint density at radius 1 is 1.24 bits per heavy atom. The van der Waals surface area contributed by atoms with Crippen molar-refractivity contribution in [1.82, 2.24) is 4.31 Å². The maximum absolute atomic E-state index is 12.6. The number of hydrogen-bond acceptors (Lipinski definition) is 6. The van der Waals surface area contributed by atoms with Crippen LogP contribution in [0.2, 0.25) is 0 Å². The second-order valence-electron chi connectivity index (χ2n) is 7.60. The molecule has 1 saturated heterocycles. The highest BCUT2D eigenvalue weighted by Crippen LogP contribution is 2.37. The van der Waals surface area contributed by atoms with Gasteiger partial charge in [0.2, 0.25) is 22.7 Å². The summed E-state index contributed by atoms with van der Waals surface area (Å²) < 4.78 is 37.1. The molecule has 1 fully saturated rings. The quantitative estimate of drug-likeness (QED) is 0.644. The first kappa shape index (κ1) is 21.6. The van der Waals surface area contributed by atoms with Crippen LogP contribution in [0.5, 0.6) is 11.5 Å². The number of nitrogens with zero attached hydrogens (tertiary/aromatic N) is 1. The van der Waals surface area contributed by atoms with E-state index in [4.69, 9.17) is 9.47 Å². The summed E-state index contributed by atoms with van der Waals surface area (Å²) in [6.07, 6.45) is 3.21. The zero-order valence-corrected chi connectivity index (χ0v) is 17.7. The number of rotatable bonds is 8. The summed E-state index contributed by atoms with van der Waals surface area (Å²) in [4.78, 5) is 24.6. The lowest BCUT2D eigenvalue weighted by molar-refractivity contribution is -0.117. The van der Waals surface area contributed by atoms with E-state index < -0.39 is 10.0 Å². The minimum absolute atomic E-state index is 0.0464. The Hall–Kier alpha value is -2.13. The van der Waals surface area contributed by atoms with Gasteiger partial charge in [-0.25, -0.2) is 12.7 Å². The predicted molar refractivity (Wildman–Crippen MR) is 109 cm³/mol. The summed E-state index contributed by atoms with van der Waals surface area (Å²) in [6.45, 7) is 4.34. The number of unbranched alkanes of at least 4 members (excludes halogenated alkanes) is 1. The summed E-state index contributed by atoms with van der Waals surface area (Å²) in [5, 5.41) is 2.79. The number of carbonyl (C=O) groups excluding carboxylic acids is 2. The molecule has 160 valence electrons.